The van der Waals surface area contributed by atoms with E-state index < -0.39 is 17.8 Å². The summed E-state index contributed by atoms with van der Waals surface area (Å²) in [5.74, 6) is -1.76. The Kier molecular flexibility index (Phi) is 4.75. The number of benzene rings is 1. The highest BCUT2D eigenvalue weighted by molar-refractivity contribution is 6.08. The van der Waals surface area contributed by atoms with Gasteiger partial charge in [-0.25, -0.2) is 9.59 Å². The van der Waals surface area contributed by atoms with E-state index in [9.17, 15) is 14.4 Å². The summed E-state index contributed by atoms with van der Waals surface area (Å²) in [6.45, 7) is 1.75. The molecule has 1 heterocycles. The highest BCUT2D eigenvalue weighted by Gasteiger charge is 2.18. The summed E-state index contributed by atoms with van der Waals surface area (Å²) >= 11 is 0. The van der Waals surface area contributed by atoms with E-state index in [1.54, 1.807) is 13.0 Å². The third kappa shape index (κ3) is 3.54. The van der Waals surface area contributed by atoms with E-state index >= 15 is 0 Å². The number of aryl methyl sites for hydroxylation is 1. The number of nitrogens with zero attached hydrogens (tertiary/aromatic N) is 1. The van der Waals surface area contributed by atoms with Crippen LogP contribution in [-0.4, -0.2) is 42.3 Å². The minimum atomic E-state index is -0.644. The van der Waals surface area contributed by atoms with E-state index in [4.69, 9.17) is 0 Å². The van der Waals surface area contributed by atoms with Crippen molar-refractivity contribution in [2.45, 2.75) is 6.92 Å². The Morgan fingerprint density at radius 2 is 1.78 bits per heavy atom. The maximum Gasteiger partial charge on any atom is 0.339 e. The molecule has 0 unspecified atom stereocenters. The molecule has 0 fully saturated rings. The van der Waals surface area contributed by atoms with E-state index in [1.165, 1.54) is 32.4 Å². The maximum atomic E-state index is 12.2. The van der Waals surface area contributed by atoms with Gasteiger partial charge in [0.25, 0.3) is 5.91 Å². The predicted molar refractivity (Wildman–Crippen MR) is 80.4 cm³/mol. The molecule has 0 bridgehead atoms. The molecule has 1 aromatic carbocycles. The molecule has 8 nitrogen and oxygen atoms in total. The third-order valence-electron chi connectivity index (χ3n) is 3.03. The highest BCUT2D eigenvalue weighted by atomic mass is 16.5. The van der Waals surface area contributed by atoms with Gasteiger partial charge in [0.2, 0.25) is 0 Å². The van der Waals surface area contributed by atoms with Gasteiger partial charge in [-0.1, -0.05) is 0 Å². The zero-order chi connectivity index (χ0) is 17.0. The van der Waals surface area contributed by atoms with E-state index in [0.29, 0.717) is 5.69 Å². The molecule has 1 amide bonds. The summed E-state index contributed by atoms with van der Waals surface area (Å²) in [7, 11) is 2.46. The lowest BCUT2D eigenvalue weighted by molar-refractivity contribution is 0.0587. The highest BCUT2D eigenvalue weighted by Crippen LogP contribution is 2.20. The molecule has 2 aromatic rings. The van der Waals surface area contributed by atoms with Crippen molar-refractivity contribution in [3.8, 4) is 0 Å². The fourth-order valence-corrected chi connectivity index (χ4v) is 1.90. The molecule has 0 atom stereocenters. The number of aromatic amines is 1. The Bertz CT molecular complexity index is 766. The van der Waals surface area contributed by atoms with Gasteiger partial charge in [-0.3, -0.25) is 9.89 Å². The van der Waals surface area contributed by atoms with Crippen LogP contribution in [0.15, 0.2) is 24.3 Å². The van der Waals surface area contributed by atoms with Gasteiger partial charge in [0.05, 0.1) is 31.0 Å². The number of H-pyrrole nitrogens is 1. The first-order valence-electron chi connectivity index (χ1n) is 6.60. The van der Waals surface area contributed by atoms with Gasteiger partial charge >= 0.3 is 11.9 Å². The second-order valence-corrected chi connectivity index (χ2v) is 4.63. The molecule has 23 heavy (non-hydrogen) atoms. The summed E-state index contributed by atoms with van der Waals surface area (Å²) in [5.41, 5.74) is 1.30. The number of rotatable bonds is 4. The van der Waals surface area contributed by atoms with Crippen LogP contribution in [0.4, 0.5) is 5.69 Å². The molecule has 1 aromatic heterocycles. The van der Waals surface area contributed by atoms with Crippen LogP contribution >= 0.6 is 0 Å². The fraction of sp³-hybridized carbons (Fsp3) is 0.200. The number of ether oxygens (including phenoxy) is 2. The molecule has 0 aliphatic heterocycles. The number of carbonyl (C=O) groups excluding carboxylic acids is 3. The van der Waals surface area contributed by atoms with Gasteiger partial charge in [-0.2, -0.15) is 5.10 Å². The van der Waals surface area contributed by atoms with Crippen LogP contribution in [0.1, 0.15) is 36.9 Å². The Labute approximate surface area is 131 Å². The average molecular weight is 317 g/mol. The second kappa shape index (κ2) is 6.73. The van der Waals surface area contributed by atoms with Gasteiger partial charge in [0.15, 0.2) is 5.69 Å². The van der Waals surface area contributed by atoms with Crippen LogP contribution in [0.25, 0.3) is 0 Å². The third-order valence-corrected chi connectivity index (χ3v) is 3.03. The first-order valence-corrected chi connectivity index (χ1v) is 6.60. The van der Waals surface area contributed by atoms with Gasteiger partial charge in [-0.05, 0) is 31.2 Å². The SMILES string of the molecule is COC(=O)c1ccc(C(=O)OC)c(NC(=O)c2cc(C)[nH]n2)c1. The lowest BCUT2D eigenvalue weighted by Crippen LogP contribution is -2.17. The molecule has 0 aliphatic carbocycles. The minimum absolute atomic E-state index is 0.112. The summed E-state index contributed by atoms with van der Waals surface area (Å²) in [5, 5.41) is 9.03. The van der Waals surface area contributed by atoms with Gasteiger partial charge < -0.3 is 14.8 Å². The maximum absolute atomic E-state index is 12.2. The van der Waals surface area contributed by atoms with Crippen molar-refractivity contribution in [3.05, 3.63) is 46.8 Å². The number of methoxy groups -OCH3 is 2. The van der Waals surface area contributed by atoms with Crippen LogP contribution in [0.2, 0.25) is 0 Å². The Morgan fingerprint density at radius 3 is 2.35 bits per heavy atom. The number of nitrogens with one attached hydrogen (secondary N) is 2. The van der Waals surface area contributed by atoms with Gasteiger partial charge in [-0.15, -0.1) is 0 Å². The number of hydrogen-bond donors (Lipinski definition) is 2. The van der Waals surface area contributed by atoms with E-state index in [-0.39, 0.29) is 22.5 Å². The molecule has 2 N–H and O–H groups in total. The van der Waals surface area contributed by atoms with Crippen molar-refractivity contribution < 1.29 is 23.9 Å². The van der Waals surface area contributed by atoms with Crippen LogP contribution in [0.5, 0.6) is 0 Å². The summed E-state index contributed by atoms with van der Waals surface area (Å²) < 4.78 is 9.29. The minimum Gasteiger partial charge on any atom is -0.465 e. The number of anilines is 1. The normalized spacial score (nSPS) is 10.0. The molecule has 0 spiro atoms. The smallest absolute Gasteiger partial charge is 0.339 e. The molecular weight excluding hydrogens is 302 g/mol. The molecule has 2 rings (SSSR count). The van der Waals surface area contributed by atoms with Crippen molar-refractivity contribution >= 4 is 23.5 Å². The van der Waals surface area contributed by atoms with Crippen LogP contribution in [0.3, 0.4) is 0 Å². The van der Waals surface area contributed by atoms with Crippen LogP contribution < -0.4 is 5.32 Å². The fourth-order valence-electron chi connectivity index (χ4n) is 1.90. The van der Waals surface area contributed by atoms with Crippen molar-refractivity contribution in [1.29, 1.82) is 0 Å². The standard InChI is InChI=1S/C15H15N3O5/c1-8-6-12(18-17-8)13(19)16-11-7-9(14(20)22-2)4-5-10(11)15(21)23-3/h4-7H,1-3H3,(H,16,19)(H,17,18). The Morgan fingerprint density at radius 1 is 1.09 bits per heavy atom. The number of carbonyl (C=O) groups is 3. The van der Waals surface area contributed by atoms with E-state index in [2.05, 4.69) is 25.0 Å². The lowest BCUT2D eigenvalue weighted by atomic mass is 10.1. The quantitative estimate of drug-likeness (QED) is 0.828. The summed E-state index contributed by atoms with van der Waals surface area (Å²) in [6.07, 6.45) is 0. The van der Waals surface area contributed by atoms with Crippen molar-refractivity contribution in [3.63, 3.8) is 0 Å². The van der Waals surface area contributed by atoms with Gasteiger partial charge in [0.1, 0.15) is 0 Å². The van der Waals surface area contributed by atoms with Crippen LogP contribution in [0, 0.1) is 6.92 Å². The molecule has 0 saturated heterocycles. The first kappa shape index (κ1) is 16.2. The van der Waals surface area contributed by atoms with Crippen LogP contribution in [-0.2, 0) is 9.47 Å². The van der Waals surface area contributed by atoms with Crippen molar-refractivity contribution in [2.24, 2.45) is 0 Å². The lowest BCUT2D eigenvalue weighted by Gasteiger charge is -2.10. The Hall–Kier alpha value is -3.16. The van der Waals surface area contributed by atoms with E-state index in [1.807, 2.05) is 0 Å². The molecule has 0 radical (unpaired) electrons. The summed E-state index contributed by atoms with van der Waals surface area (Å²) in [4.78, 5) is 35.6. The first-order chi connectivity index (χ1) is 11.0. The molecule has 8 heteroatoms. The molecular formula is C15H15N3O5. The number of amides is 1. The Balaban J connectivity index is 2.38. The van der Waals surface area contributed by atoms with E-state index in [0.717, 1.165) is 0 Å². The second-order valence-electron chi connectivity index (χ2n) is 4.63. The number of hydrogen-bond acceptors (Lipinski definition) is 6. The van der Waals surface area contributed by atoms with Crippen molar-refractivity contribution in [2.75, 3.05) is 19.5 Å². The predicted octanol–water partition coefficient (Wildman–Crippen LogP) is 1.54. The zero-order valence-corrected chi connectivity index (χ0v) is 12.8. The largest absolute Gasteiger partial charge is 0.465 e. The zero-order valence-electron chi connectivity index (χ0n) is 12.8. The number of aromatic nitrogens is 2. The molecule has 0 saturated carbocycles. The molecule has 0 aliphatic rings. The topological polar surface area (TPSA) is 110 Å². The number of esters is 2. The monoisotopic (exact) mass is 317 g/mol. The molecule has 120 valence electrons. The summed E-state index contributed by atoms with van der Waals surface area (Å²) in [6, 6.07) is 5.68. The van der Waals surface area contributed by atoms with Crippen molar-refractivity contribution in [1.82, 2.24) is 10.2 Å². The van der Waals surface area contributed by atoms with Gasteiger partial charge in [0, 0.05) is 5.69 Å². The average Bonchev–Trinajstić information content (AvgIpc) is 3.00.